The Kier molecular flexibility index (Phi) is 4.74. The predicted molar refractivity (Wildman–Crippen MR) is 112 cm³/mol. The number of rotatable bonds is 5. The third kappa shape index (κ3) is 3.31. The van der Waals surface area contributed by atoms with Crippen LogP contribution >= 0.6 is 0 Å². The van der Waals surface area contributed by atoms with Gasteiger partial charge in [-0.3, -0.25) is 4.79 Å². The molecule has 0 radical (unpaired) electrons. The summed E-state index contributed by atoms with van der Waals surface area (Å²) in [5, 5.41) is 4.27. The van der Waals surface area contributed by atoms with Crippen molar-refractivity contribution in [2.24, 2.45) is 0 Å². The van der Waals surface area contributed by atoms with E-state index >= 15 is 0 Å². The first-order valence-electron chi connectivity index (χ1n) is 9.47. The first kappa shape index (κ1) is 18.0. The van der Waals surface area contributed by atoms with Crippen molar-refractivity contribution in [2.75, 3.05) is 0 Å². The normalized spacial score (nSPS) is 12.2. The molecule has 2 N–H and O–H groups in total. The Morgan fingerprint density at radius 3 is 2.71 bits per heavy atom. The zero-order valence-corrected chi connectivity index (χ0v) is 16.4. The van der Waals surface area contributed by atoms with Crippen LogP contribution in [0.15, 0.2) is 61.2 Å². The van der Waals surface area contributed by atoms with E-state index in [1.54, 1.807) is 23.3 Å². The van der Waals surface area contributed by atoms with Gasteiger partial charge in [-0.05, 0) is 43.5 Å². The molecule has 5 heteroatoms. The van der Waals surface area contributed by atoms with Gasteiger partial charge in [-0.25, -0.2) is 4.98 Å². The number of hydrogen-bond donors (Lipinski definition) is 2. The lowest BCUT2D eigenvalue weighted by atomic mass is 10.0. The fourth-order valence-electron chi connectivity index (χ4n) is 3.66. The van der Waals surface area contributed by atoms with Crippen molar-refractivity contribution >= 4 is 16.8 Å². The molecule has 0 saturated heterocycles. The molecular weight excluding hydrogens is 348 g/mol. The Morgan fingerprint density at radius 2 is 2.00 bits per heavy atom. The van der Waals surface area contributed by atoms with Crippen LogP contribution in [0.1, 0.15) is 29.7 Å². The minimum atomic E-state index is -0.298. The molecule has 4 rings (SSSR count). The van der Waals surface area contributed by atoms with Gasteiger partial charge in [0.25, 0.3) is 0 Å². The molecule has 0 spiro atoms. The fourth-order valence-corrected chi connectivity index (χ4v) is 3.66. The van der Waals surface area contributed by atoms with Gasteiger partial charge < -0.3 is 14.9 Å². The van der Waals surface area contributed by atoms with E-state index < -0.39 is 0 Å². The molecule has 0 aliphatic rings. The molecular formula is C23H24N4O. The van der Waals surface area contributed by atoms with Gasteiger partial charge in [-0.2, -0.15) is 0 Å². The lowest BCUT2D eigenvalue weighted by Gasteiger charge is -2.14. The highest BCUT2D eigenvalue weighted by atomic mass is 16.2. The lowest BCUT2D eigenvalue weighted by Crippen LogP contribution is -2.30. The molecule has 2 heterocycles. The van der Waals surface area contributed by atoms with Gasteiger partial charge in [0.05, 0.1) is 11.8 Å². The number of carbonyl (C=O) groups excluding carboxylic acids is 1. The van der Waals surface area contributed by atoms with Crippen LogP contribution in [0.3, 0.4) is 0 Å². The van der Waals surface area contributed by atoms with E-state index in [0.29, 0.717) is 6.54 Å². The largest absolute Gasteiger partial charge is 0.354 e. The quantitative estimate of drug-likeness (QED) is 0.541. The van der Waals surface area contributed by atoms with Crippen LogP contribution in [0.2, 0.25) is 0 Å². The average molecular weight is 372 g/mol. The van der Waals surface area contributed by atoms with Crippen molar-refractivity contribution in [2.45, 2.75) is 33.4 Å². The van der Waals surface area contributed by atoms with Crippen LogP contribution in [-0.2, 0) is 11.3 Å². The van der Waals surface area contributed by atoms with E-state index in [2.05, 4.69) is 53.4 Å². The molecule has 1 atom stereocenters. The molecule has 0 saturated carbocycles. The lowest BCUT2D eigenvalue weighted by molar-refractivity contribution is -0.124. The number of H-pyrrole nitrogens is 1. The fraction of sp³-hybridized carbons (Fsp3) is 0.217. The Labute approximate surface area is 164 Å². The topological polar surface area (TPSA) is 62.7 Å². The average Bonchev–Trinajstić information content (AvgIpc) is 3.35. The first-order valence-corrected chi connectivity index (χ1v) is 9.47. The summed E-state index contributed by atoms with van der Waals surface area (Å²) in [5.41, 5.74) is 6.87. The Balaban J connectivity index is 1.65. The highest BCUT2D eigenvalue weighted by Crippen LogP contribution is 2.32. The summed E-state index contributed by atoms with van der Waals surface area (Å²) in [4.78, 5) is 20.2. The molecule has 2 aromatic carbocycles. The molecule has 0 unspecified atom stereocenters. The van der Waals surface area contributed by atoms with Crippen LogP contribution in [0.25, 0.3) is 22.2 Å². The summed E-state index contributed by atoms with van der Waals surface area (Å²) in [6, 6.07) is 14.4. The van der Waals surface area contributed by atoms with Crippen LogP contribution in [0, 0.1) is 13.8 Å². The molecule has 28 heavy (non-hydrogen) atoms. The zero-order valence-electron chi connectivity index (χ0n) is 16.4. The number of aryl methyl sites for hydroxylation is 2. The molecule has 0 aliphatic heterocycles. The number of aromatic amines is 1. The maximum absolute atomic E-state index is 12.6. The van der Waals surface area contributed by atoms with E-state index in [-0.39, 0.29) is 11.9 Å². The molecule has 142 valence electrons. The number of imidazole rings is 1. The summed E-state index contributed by atoms with van der Waals surface area (Å²) in [7, 11) is 0. The maximum Gasteiger partial charge on any atom is 0.243 e. The Morgan fingerprint density at radius 1 is 1.21 bits per heavy atom. The molecule has 5 nitrogen and oxygen atoms in total. The third-order valence-electron chi connectivity index (χ3n) is 5.26. The highest BCUT2D eigenvalue weighted by molar-refractivity contribution is 5.93. The highest BCUT2D eigenvalue weighted by Gasteiger charge is 2.16. The second-order valence-electron chi connectivity index (χ2n) is 7.24. The van der Waals surface area contributed by atoms with Crippen LogP contribution in [-0.4, -0.2) is 20.4 Å². The molecule has 0 aliphatic carbocycles. The van der Waals surface area contributed by atoms with Crippen molar-refractivity contribution < 1.29 is 4.79 Å². The number of carbonyl (C=O) groups is 1. The van der Waals surface area contributed by atoms with Gasteiger partial charge in [0, 0.05) is 30.0 Å². The van der Waals surface area contributed by atoms with E-state index in [1.807, 2.05) is 25.1 Å². The number of fused-ring (bicyclic) bond motifs is 1. The summed E-state index contributed by atoms with van der Waals surface area (Å²) >= 11 is 0. The van der Waals surface area contributed by atoms with Gasteiger partial charge in [-0.15, -0.1) is 0 Å². The first-order chi connectivity index (χ1) is 13.5. The molecule has 0 fully saturated rings. The monoisotopic (exact) mass is 372 g/mol. The second kappa shape index (κ2) is 7.35. The Hall–Kier alpha value is -3.34. The van der Waals surface area contributed by atoms with Crippen LogP contribution in [0.4, 0.5) is 0 Å². The number of nitrogens with zero attached hydrogens (tertiary/aromatic N) is 2. The number of benzene rings is 2. The number of hydrogen-bond acceptors (Lipinski definition) is 2. The summed E-state index contributed by atoms with van der Waals surface area (Å²) in [6.45, 7) is 6.58. The number of nitrogens with one attached hydrogen (secondary N) is 2. The van der Waals surface area contributed by atoms with Crippen molar-refractivity contribution in [1.29, 1.82) is 0 Å². The van der Waals surface area contributed by atoms with E-state index in [9.17, 15) is 4.79 Å². The summed E-state index contributed by atoms with van der Waals surface area (Å²) in [5.74, 6) is -0.0285. The van der Waals surface area contributed by atoms with Crippen molar-refractivity contribution in [3.05, 3.63) is 77.9 Å². The van der Waals surface area contributed by atoms with Gasteiger partial charge >= 0.3 is 0 Å². The maximum atomic E-state index is 12.6. The van der Waals surface area contributed by atoms with Crippen LogP contribution in [0.5, 0.6) is 0 Å². The van der Waals surface area contributed by atoms with Gasteiger partial charge in [-0.1, -0.05) is 42.0 Å². The summed E-state index contributed by atoms with van der Waals surface area (Å²) in [6.07, 6.45) is 5.14. The molecule has 2 aromatic heterocycles. The van der Waals surface area contributed by atoms with Crippen molar-refractivity contribution in [1.82, 2.24) is 19.9 Å². The molecule has 1 amide bonds. The van der Waals surface area contributed by atoms with Crippen molar-refractivity contribution in [3.63, 3.8) is 0 Å². The smallest absolute Gasteiger partial charge is 0.243 e. The van der Waals surface area contributed by atoms with Gasteiger partial charge in [0.1, 0.15) is 6.04 Å². The van der Waals surface area contributed by atoms with Crippen molar-refractivity contribution in [3.8, 4) is 11.3 Å². The second-order valence-corrected chi connectivity index (χ2v) is 7.24. The number of amides is 1. The van der Waals surface area contributed by atoms with E-state index in [1.165, 1.54) is 16.5 Å². The molecule has 4 aromatic rings. The van der Waals surface area contributed by atoms with Gasteiger partial charge in [0.2, 0.25) is 5.91 Å². The minimum Gasteiger partial charge on any atom is -0.354 e. The third-order valence-corrected chi connectivity index (χ3v) is 5.26. The van der Waals surface area contributed by atoms with Crippen LogP contribution < -0.4 is 5.32 Å². The predicted octanol–water partition coefficient (Wildman–Crippen LogP) is 4.53. The standard InChI is InChI=1S/C23H24N4O/c1-15-11-19(13-25-23(28)17(3)27-10-9-24-14-27)22-20(12-15)16(2)21(26-22)18-7-5-4-6-8-18/h4-12,14,17,26H,13H2,1-3H3,(H,25,28)/t17-/m1/s1. The van der Waals surface area contributed by atoms with E-state index in [0.717, 1.165) is 22.3 Å². The zero-order chi connectivity index (χ0) is 19.7. The summed E-state index contributed by atoms with van der Waals surface area (Å²) < 4.78 is 1.80. The minimum absolute atomic E-state index is 0.0285. The van der Waals surface area contributed by atoms with Gasteiger partial charge in [0.15, 0.2) is 0 Å². The SMILES string of the molecule is Cc1cc(CNC(=O)[C@@H](C)n2ccnc2)c2[nH]c(-c3ccccc3)c(C)c2c1. The van der Waals surface area contributed by atoms with E-state index in [4.69, 9.17) is 0 Å². The number of aromatic nitrogens is 3. The Bertz CT molecular complexity index is 1110. The molecule has 0 bridgehead atoms.